The molecule has 0 aromatic rings. The topological polar surface area (TPSA) is 12.0 Å². The lowest BCUT2D eigenvalue weighted by atomic mass is 10.2. The lowest BCUT2D eigenvalue weighted by Crippen LogP contribution is -2.32. The van der Waals surface area contributed by atoms with E-state index in [1.54, 1.807) is 0 Å². The molecule has 2 aliphatic rings. The molecule has 1 heterocycles. The summed E-state index contributed by atoms with van der Waals surface area (Å²) in [5, 5.41) is 4.58. The highest BCUT2D eigenvalue weighted by atomic mass is 32.2. The summed E-state index contributed by atoms with van der Waals surface area (Å²) in [4.78, 5) is 0. The van der Waals surface area contributed by atoms with E-state index in [1.807, 2.05) is 0 Å². The quantitative estimate of drug-likeness (QED) is 0.573. The van der Waals surface area contributed by atoms with Crippen LogP contribution in [0.2, 0.25) is 0 Å². The van der Waals surface area contributed by atoms with Crippen LogP contribution >= 0.6 is 11.8 Å². The summed E-state index contributed by atoms with van der Waals surface area (Å²) in [5.41, 5.74) is 0. The number of hydrogen-bond acceptors (Lipinski definition) is 2. The molecule has 1 saturated carbocycles. The van der Waals surface area contributed by atoms with Crippen molar-refractivity contribution in [3.05, 3.63) is 0 Å². The Morgan fingerprint density at radius 3 is 3.20 bits per heavy atom. The van der Waals surface area contributed by atoms with Crippen LogP contribution in [0.4, 0.5) is 0 Å². The number of nitrogens with one attached hydrogen (secondary N) is 1. The second kappa shape index (κ2) is 3.14. The van der Waals surface area contributed by atoms with E-state index >= 15 is 0 Å². The minimum atomic E-state index is 0.868. The third-order valence-electron chi connectivity index (χ3n) is 2.51. The molecule has 1 N–H and O–H groups in total. The highest BCUT2D eigenvalue weighted by molar-refractivity contribution is 7.99. The molecule has 2 fully saturated rings. The molecule has 0 aromatic carbocycles. The molecule has 2 unspecified atom stereocenters. The second-order valence-corrected chi connectivity index (χ2v) is 4.60. The van der Waals surface area contributed by atoms with Gasteiger partial charge in [-0.15, -0.1) is 0 Å². The van der Waals surface area contributed by atoms with Crippen molar-refractivity contribution in [2.75, 3.05) is 12.3 Å². The summed E-state index contributed by atoms with van der Waals surface area (Å²) in [7, 11) is 0. The van der Waals surface area contributed by atoms with Crippen LogP contribution in [0.1, 0.15) is 25.7 Å². The van der Waals surface area contributed by atoms with Gasteiger partial charge in [0.2, 0.25) is 0 Å². The van der Waals surface area contributed by atoms with Crippen LogP contribution in [0.5, 0.6) is 0 Å². The first-order valence-electron chi connectivity index (χ1n) is 4.32. The number of thioether (sulfide) groups is 1. The average molecular weight is 157 g/mol. The maximum Gasteiger partial charge on any atom is 0.0201 e. The summed E-state index contributed by atoms with van der Waals surface area (Å²) >= 11 is 2.19. The van der Waals surface area contributed by atoms with Gasteiger partial charge in [0.25, 0.3) is 0 Å². The molecular formula is C8H15NS. The van der Waals surface area contributed by atoms with Gasteiger partial charge in [-0.3, -0.25) is 0 Å². The summed E-state index contributed by atoms with van der Waals surface area (Å²) in [6.45, 7) is 1.26. The first-order chi connectivity index (χ1) is 4.97. The standard InChI is InChI=1S/C8H15NS/c1-3-7-8(4-1)10-6-2-5-9-7/h7-9H,1-6H2. The van der Waals surface area contributed by atoms with E-state index in [0.29, 0.717) is 0 Å². The van der Waals surface area contributed by atoms with Gasteiger partial charge in [0.15, 0.2) is 0 Å². The zero-order chi connectivity index (χ0) is 6.81. The van der Waals surface area contributed by atoms with Gasteiger partial charge in [-0.1, -0.05) is 6.42 Å². The Hall–Kier alpha value is 0.310. The Kier molecular flexibility index (Phi) is 2.19. The normalized spacial score (nSPS) is 40.8. The molecule has 0 amide bonds. The molecule has 0 radical (unpaired) electrons. The van der Waals surface area contributed by atoms with Crippen molar-refractivity contribution in [1.82, 2.24) is 5.32 Å². The Morgan fingerprint density at radius 1 is 1.20 bits per heavy atom. The number of rotatable bonds is 0. The highest BCUT2D eigenvalue weighted by Crippen LogP contribution is 2.31. The zero-order valence-corrected chi connectivity index (χ0v) is 7.12. The van der Waals surface area contributed by atoms with Crippen LogP contribution in [0.15, 0.2) is 0 Å². The maximum absolute atomic E-state index is 3.62. The molecule has 0 bridgehead atoms. The van der Waals surface area contributed by atoms with Gasteiger partial charge < -0.3 is 5.32 Å². The Morgan fingerprint density at radius 2 is 2.20 bits per heavy atom. The Balaban J connectivity index is 1.95. The Labute approximate surface area is 67.0 Å². The number of hydrogen-bond donors (Lipinski definition) is 1. The summed E-state index contributed by atoms with van der Waals surface area (Å²) in [5.74, 6) is 1.38. The summed E-state index contributed by atoms with van der Waals surface area (Å²) < 4.78 is 0. The molecule has 10 heavy (non-hydrogen) atoms. The van der Waals surface area contributed by atoms with Crippen molar-refractivity contribution < 1.29 is 0 Å². The van der Waals surface area contributed by atoms with Crippen molar-refractivity contribution >= 4 is 11.8 Å². The number of fused-ring (bicyclic) bond motifs is 1. The lowest BCUT2D eigenvalue weighted by Gasteiger charge is -2.15. The molecule has 1 saturated heterocycles. The van der Waals surface area contributed by atoms with E-state index in [4.69, 9.17) is 0 Å². The van der Waals surface area contributed by atoms with E-state index in [-0.39, 0.29) is 0 Å². The van der Waals surface area contributed by atoms with E-state index in [1.165, 1.54) is 38.0 Å². The monoisotopic (exact) mass is 157 g/mol. The largest absolute Gasteiger partial charge is 0.313 e. The van der Waals surface area contributed by atoms with Crippen molar-refractivity contribution in [3.63, 3.8) is 0 Å². The van der Waals surface area contributed by atoms with Gasteiger partial charge in [-0.05, 0) is 31.6 Å². The fourth-order valence-corrected chi connectivity index (χ4v) is 3.37. The third-order valence-corrected chi connectivity index (χ3v) is 4.03. The molecule has 1 aliphatic carbocycles. The van der Waals surface area contributed by atoms with Crippen LogP contribution in [-0.2, 0) is 0 Å². The van der Waals surface area contributed by atoms with Crippen molar-refractivity contribution in [3.8, 4) is 0 Å². The van der Waals surface area contributed by atoms with Gasteiger partial charge in [-0.25, -0.2) is 0 Å². The molecule has 0 aromatic heterocycles. The molecule has 2 rings (SSSR count). The fourth-order valence-electron chi connectivity index (χ4n) is 1.95. The predicted molar refractivity (Wildman–Crippen MR) is 46.5 cm³/mol. The molecule has 0 spiro atoms. The third kappa shape index (κ3) is 1.32. The molecule has 58 valence electrons. The van der Waals surface area contributed by atoms with Gasteiger partial charge in [-0.2, -0.15) is 11.8 Å². The van der Waals surface area contributed by atoms with Gasteiger partial charge in [0, 0.05) is 11.3 Å². The fraction of sp³-hybridized carbons (Fsp3) is 1.00. The Bertz CT molecular complexity index is 104. The van der Waals surface area contributed by atoms with Crippen LogP contribution in [-0.4, -0.2) is 23.6 Å². The van der Waals surface area contributed by atoms with Crippen LogP contribution in [0.25, 0.3) is 0 Å². The van der Waals surface area contributed by atoms with E-state index in [0.717, 1.165) is 11.3 Å². The summed E-state index contributed by atoms with van der Waals surface area (Å²) in [6, 6.07) is 0.868. The first-order valence-corrected chi connectivity index (χ1v) is 5.37. The van der Waals surface area contributed by atoms with E-state index < -0.39 is 0 Å². The molecule has 2 atom stereocenters. The SMILES string of the molecule is C1CNC2CCCC2SC1. The van der Waals surface area contributed by atoms with Gasteiger partial charge in [0.1, 0.15) is 0 Å². The van der Waals surface area contributed by atoms with Crippen molar-refractivity contribution in [2.24, 2.45) is 0 Å². The lowest BCUT2D eigenvalue weighted by molar-refractivity contribution is 0.542. The predicted octanol–water partition coefficient (Wildman–Crippen LogP) is 1.63. The zero-order valence-electron chi connectivity index (χ0n) is 6.31. The van der Waals surface area contributed by atoms with Gasteiger partial charge in [0.05, 0.1) is 0 Å². The maximum atomic E-state index is 3.62. The van der Waals surface area contributed by atoms with Crippen molar-refractivity contribution in [2.45, 2.75) is 37.0 Å². The van der Waals surface area contributed by atoms with Gasteiger partial charge >= 0.3 is 0 Å². The minimum Gasteiger partial charge on any atom is -0.313 e. The molecule has 1 nitrogen and oxygen atoms in total. The van der Waals surface area contributed by atoms with Crippen LogP contribution in [0.3, 0.4) is 0 Å². The van der Waals surface area contributed by atoms with Crippen molar-refractivity contribution in [1.29, 1.82) is 0 Å². The smallest absolute Gasteiger partial charge is 0.0201 e. The summed E-state index contributed by atoms with van der Waals surface area (Å²) in [6.07, 6.45) is 5.72. The molecular weight excluding hydrogens is 142 g/mol. The second-order valence-electron chi connectivity index (χ2n) is 3.25. The molecule has 1 aliphatic heterocycles. The minimum absolute atomic E-state index is 0.868. The van der Waals surface area contributed by atoms with Crippen LogP contribution < -0.4 is 5.32 Å². The van der Waals surface area contributed by atoms with Crippen LogP contribution in [0, 0.1) is 0 Å². The first kappa shape index (κ1) is 6.99. The van der Waals surface area contributed by atoms with E-state index in [9.17, 15) is 0 Å². The highest BCUT2D eigenvalue weighted by Gasteiger charge is 2.28. The molecule has 2 heteroatoms. The average Bonchev–Trinajstić information content (AvgIpc) is 2.28. The van der Waals surface area contributed by atoms with E-state index in [2.05, 4.69) is 17.1 Å².